The van der Waals surface area contributed by atoms with Gasteiger partial charge in [0.15, 0.2) is 0 Å². The molecule has 5 aliphatic rings. The molecule has 1 aliphatic heterocycles. The number of epoxide rings is 1. The first-order valence-corrected chi connectivity index (χ1v) is 15.0. The topological polar surface area (TPSA) is 117 Å². The molecule has 0 aromatic rings. The summed E-state index contributed by atoms with van der Waals surface area (Å²) in [5.41, 5.74) is -3.46. The van der Waals surface area contributed by atoms with Crippen molar-refractivity contribution in [3.63, 3.8) is 0 Å². The highest BCUT2D eigenvalue weighted by molar-refractivity contribution is 5.79. The van der Waals surface area contributed by atoms with Crippen molar-refractivity contribution in [3.05, 3.63) is 0 Å². The minimum atomic E-state index is -1.00. The molecule has 1 heterocycles. The smallest absolute Gasteiger partial charge is 0.303 e. The lowest BCUT2D eigenvalue weighted by Crippen LogP contribution is -2.60. The molecule has 0 aromatic carbocycles. The van der Waals surface area contributed by atoms with E-state index in [1.807, 2.05) is 20.8 Å². The first-order chi connectivity index (χ1) is 17.6. The molecule has 38 heavy (non-hydrogen) atoms. The summed E-state index contributed by atoms with van der Waals surface area (Å²) >= 11 is 0. The van der Waals surface area contributed by atoms with Gasteiger partial charge in [-0.25, -0.2) is 0 Å². The number of aliphatic hydroxyl groups excluding tert-OH is 2. The SMILES string of the molecule is CC(=O)OC(C(C)C(C)C(C)(C)O)C1(C)OC12C(O)CC1C3CCC4CC(=O)CCC4(C)C3CCC12CO. The highest BCUT2D eigenvalue weighted by atomic mass is 16.7. The van der Waals surface area contributed by atoms with Gasteiger partial charge in [-0.15, -0.1) is 0 Å². The number of esters is 1. The Labute approximate surface area is 228 Å². The van der Waals surface area contributed by atoms with Gasteiger partial charge in [-0.2, -0.15) is 0 Å². The molecule has 4 aliphatic carbocycles. The monoisotopic (exact) mass is 534 g/mol. The number of rotatable bonds is 6. The van der Waals surface area contributed by atoms with E-state index in [1.54, 1.807) is 13.8 Å². The van der Waals surface area contributed by atoms with Crippen molar-refractivity contribution in [2.24, 2.45) is 46.3 Å². The van der Waals surface area contributed by atoms with Gasteiger partial charge in [0.1, 0.15) is 23.1 Å². The van der Waals surface area contributed by atoms with Crippen molar-refractivity contribution in [2.45, 2.75) is 129 Å². The minimum Gasteiger partial charge on any atom is -0.459 e. The normalized spacial score (nSPS) is 48.5. The summed E-state index contributed by atoms with van der Waals surface area (Å²) in [6.45, 7) is 13.1. The number of ether oxygens (including phenoxy) is 2. The van der Waals surface area contributed by atoms with Gasteiger partial charge in [0.05, 0.1) is 18.3 Å². The first kappa shape index (κ1) is 28.5. The molecular weight excluding hydrogens is 484 g/mol. The third kappa shape index (κ3) is 3.66. The lowest BCUT2D eigenvalue weighted by atomic mass is 9.44. The van der Waals surface area contributed by atoms with E-state index < -0.39 is 40.4 Å². The number of carbonyl (C=O) groups excluding carboxylic acids is 2. The molecule has 0 bridgehead atoms. The number of carbonyl (C=O) groups is 2. The molecule has 5 rings (SSSR count). The molecule has 7 heteroatoms. The predicted octanol–water partition coefficient (Wildman–Crippen LogP) is 4.04. The zero-order valence-corrected chi connectivity index (χ0v) is 24.5. The maximum atomic E-state index is 12.3. The van der Waals surface area contributed by atoms with E-state index in [4.69, 9.17) is 9.47 Å². The van der Waals surface area contributed by atoms with Crippen LogP contribution in [0.4, 0.5) is 0 Å². The van der Waals surface area contributed by atoms with E-state index >= 15 is 0 Å². The second-order valence-electron chi connectivity index (χ2n) is 14.8. The molecule has 216 valence electrons. The fourth-order valence-corrected chi connectivity index (χ4v) is 10.6. The summed E-state index contributed by atoms with van der Waals surface area (Å²) in [7, 11) is 0. The zero-order valence-electron chi connectivity index (χ0n) is 24.5. The fourth-order valence-electron chi connectivity index (χ4n) is 10.6. The van der Waals surface area contributed by atoms with Gasteiger partial charge in [0.25, 0.3) is 0 Å². The Hall–Kier alpha value is -1.02. The molecule has 5 fully saturated rings. The van der Waals surface area contributed by atoms with Crippen LogP contribution < -0.4 is 0 Å². The third-order valence-corrected chi connectivity index (χ3v) is 12.9. The summed E-state index contributed by atoms with van der Waals surface area (Å²) in [6, 6.07) is 0. The molecule has 1 spiro atoms. The Kier molecular flexibility index (Phi) is 6.74. The molecule has 0 radical (unpaired) electrons. The Balaban J connectivity index is 1.50. The number of Topliss-reactive ketones (excluding diaryl/α,β-unsaturated/α-hetero) is 1. The Morgan fingerprint density at radius 1 is 1.16 bits per heavy atom. The summed E-state index contributed by atoms with van der Waals surface area (Å²) in [6.07, 6.45) is 5.18. The molecule has 1 saturated heterocycles. The summed E-state index contributed by atoms with van der Waals surface area (Å²) in [5.74, 6) is 0.929. The number of fused-ring (bicyclic) bond motifs is 6. The van der Waals surface area contributed by atoms with Crippen LogP contribution >= 0.6 is 0 Å². The van der Waals surface area contributed by atoms with E-state index in [-0.39, 0.29) is 29.8 Å². The first-order valence-electron chi connectivity index (χ1n) is 15.0. The van der Waals surface area contributed by atoms with Gasteiger partial charge in [0, 0.05) is 31.1 Å². The Morgan fingerprint density at radius 2 is 1.84 bits per heavy atom. The zero-order chi connectivity index (χ0) is 28.1. The van der Waals surface area contributed by atoms with Crippen LogP contribution in [0.2, 0.25) is 0 Å². The lowest BCUT2D eigenvalue weighted by molar-refractivity contribution is -0.158. The number of aliphatic hydroxyl groups is 3. The van der Waals surface area contributed by atoms with E-state index in [2.05, 4.69) is 6.92 Å². The second-order valence-corrected chi connectivity index (χ2v) is 14.8. The van der Waals surface area contributed by atoms with Gasteiger partial charge in [-0.3, -0.25) is 9.59 Å². The van der Waals surface area contributed by atoms with E-state index in [1.165, 1.54) is 6.92 Å². The Morgan fingerprint density at radius 3 is 2.45 bits per heavy atom. The highest BCUT2D eigenvalue weighted by Crippen LogP contribution is 2.76. The Bertz CT molecular complexity index is 974. The lowest BCUT2D eigenvalue weighted by Gasteiger charge is -2.60. The van der Waals surface area contributed by atoms with Crippen LogP contribution in [0.5, 0.6) is 0 Å². The molecule has 0 aromatic heterocycles. The van der Waals surface area contributed by atoms with Crippen LogP contribution in [-0.2, 0) is 19.1 Å². The molecule has 0 amide bonds. The van der Waals surface area contributed by atoms with E-state index in [9.17, 15) is 24.9 Å². The van der Waals surface area contributed by atoms with E-state index in [0.29, 0.717) is 42.8 Å². The van der Waals surface area contributed by atoms with Crippen molar-refractivity contribution in [2.75, 3.05) is 6.61 Å². The molecule has 7 nitrogen and oxygen atoms in total. The van der Waals surface area contributed by atoms with Gasteiger partial charge in [-0.05, 0) is 94.3 Å². The minimum absolute atomic E-state index is 0.0750. The van der Waals surface area contributed by atoms with Crippen molar-refractivity contribution in [1.29, 1.82) is 0 Å². The van der Waals surface area contributed by atoms with E-state index in [0.717, 1.165) is 32.1 Å². The van der Waals surface area contributed by atoms with Crippen LogP contribution in [0.15, 0.2) is 0 Å². The predicted molar refractivity (Wildman–Crippen MR) is 142 cm³/mol. The van der Waals surface area contributed by atoms with Crippen LogP contribution in [0.25, 0.3) is 0 Å². The van der Waals surface area contributed by atoms with Gasteiger partial charge < -0.3 is 24.8 Å². The standard InChI is InChI=1S/C31H50O7/c1-17(18(2)27(4,5)36)26(37-19(3)33)29(7)31(38-29)25(35)15-24-22-9-8-20-14-21(34)10-12-28(20,6)23(22)11-13-30(24,31)16-32/h17-18,20,22-26,32,35-36H,8-16H2,1-7H3. The quantitative estimate of drug-likeness (QED) is 0.348. The summed E-state index contributed by atoms with van der Waals surface area (Å²) in [4.78, 5) is 24.6. The average molecular weight is 535 g/mol. The van der Waals surface area contributed by atoms with Crippen molar-refractivity contribution >= 4 is 11.8 Å². The average Bonchev–Trinajstić information content (AvgIpc) is 3.41. The maximum absolute atomic E-state index is 12.3. The molecule has 12 unspecified atom stereocenters. The van der Waals surface area contributed by atoms with Crippen LogP contribution in [0.1, 0.15) is 99.8 Å². The van der Waals surface area contributed by atoms with Crippen molar-refractivity contribution in [3.8, 4) is 0 Å². The van der Waals surface area contributed by atoms with Gasteiger partial charge in [-0.1, -0.05) is 20.8 Å². The van der Waals surface area contributed by atoms with Crippen molar-refractivity contribution < 1.29 is 34.4 Å². The number of hydrogen-bond acceptors (Lipinski definition) is 7. The van der Waals surface area contributed by atoms with Crippen molar-refractivity contribution in [1.82, 2.24) is 0 Å². The molecule has 3 N–H and O–H groups in total. The maximum Gasteiger partial charge on any atom is 0.303 e. The highest BCUT2D eigenvalue weighted by Gasteiger charge is 2.87. The number of hydrogen-bond donors (Lipinski definition) is 3. The van der Waals surface area contributed by atoms with Crippen LogP contribution in [0, 0.1) is 46.3 Å². The number of ketones is 1. The van der Waals surface area contributed by atoms with Crippen LogP contribution in [-0.4, -0.2) is 62.7 Å². The largest absolute Gasteiger partial charge is 0.459 e. The molecule has 4 saturated carbocycles. The van der Waals surface area contributed by atoms with Gasteiger partial charge in [0.2, 0.25) is 0 Å². The summed E-state index contributed by atoms with van der Waals surface area (Å²) in [5, 5.41) is 33.7. The summed E-state index contributed by atoms with van der Waals surface area (Å²) < 4.78 is 12.7. The molecule has 12 atom stereocenters. The second kappa shape index (κ2) is 8.99. The van der Waals surface area contributed by atoms with Gasteiger partial charge >= 0.3 is 5.97 Å². The fraction of sp³-hybridized carbons (Fsp3) is 0.935. The van der Waals surface area contributed by atoms with Crippen LogP contribution in [0.3, 0.4) is 0 Å². The third-order valence-electron chi connectivity index (χ3n) is 12.9. The molecular formula is C31H50O7.